The van der Waals surface area contributed by atoms with Gasteiger partial charge in [0, 0.05) is 6.61 Å². The summed E-state index contributed by atoms with van der Waals surface area (Å²) in [6, 6.07) is 0. The predicted molar refractivity (Wildman–Crippen MR) is 55.4 cm³/mol. The summed E-state index contributed by atoms with van der Waals surface area (Å²) < 4.78 is 10.3. The molecule has 1 aromatic heterocycles. The quantitative estimate of drug-likeness (QED) is 0.738. The lowest BCUT2D eigenvalue weighted by Gasteiger charge is -2.19. The number of nitrogens with zero attached hydrogens (tertiary/aromatic N) is 1. The molecule has 0 spiro atoms. The van der Waals surface area contributed by atoms with Gasteiger partial charge in [-0.2, -0.15) is 0 Å². The predicted octanol–water partition coefficient (Wildman–Crippen LogP) is -0.283. The van der Waals surface area contributed by atoms with E-state index in [2.05, 4.69) is 10.3 Å². The van der Waals surface area contributed by atoms with Gasteiger partial charge in [-0.1, -0.05) is 0 Å². The highest BCUT2D eigenvalue weighted by Gasteiger charge is 2.38. The van der Waals surface area contributed by atoms with E-state index in [0.29, 0.717) is 18.9 Å². The second kappa shape index (κ2) is 4.23. The lowest BCUT2D eigenvalue weighted by Crippen LogP contribution is -2.54. The van der Waals surface area contributed by atoms with Crippen molar-refractivity contribution in [1.29, 1.82) is 0 Å². The fourth-order valence-electron chi connectivity index (χ4n) is 1.57. The minimum Gasteiger partial charge on any atom is -0.444 e. The first-order chi connectivity index (χ1) is 7.60. The molecule has 16 heavy (non-hydrogen) atoms. The van der Waals surface area contributed by atoms with Crippen molar-refractivity contribution < 1.29 is 13.9 Å². The van der Waals surface area contributed by atoms with Gasteiger partial charge in [-0.15, -0.1) is 0 Å². The number of carbonyl (C=O) groups is 1. The number of nitrogens with two attached hydrogens (primary N) is 1. The summed E-state index contributed by atoms with van der Waals surface area (Å²) in [6.07, 6.45) is 2.15. The van der Waals surface area contributed by atoms with Gasteiger partial charge in [-0.3, -0.25) is 4.79 Å². The van der Waals surface area contributed by atoms with Crippen LogP contribution in [0.2, 0.25) is 0 Å². The van der Waals surface area contributed by atoms with Gasteiger partial charge < -0.3 is 20.2 Å². The molecule has 88 valence electrons. The third kappa shape index (κ3) is 2.23. The van der Waals surface area contributed by atoms with Crippen molar-refractivity contribution in [3.63, 3.8) is 0 Å². The highest BCUT2D eigenvalue weighted by molar-refractivity contribution is 5.86. The van der Waals surface area contributed by atoms with Crippen LogP contribution in [-0.4, -0.2) is 29.6 Å². The van der Waals surface area contributed by atoms with E-state index in [4.69, 9.17) is 14.9 Å². The number of amides is 1. The first-order valence-electron chi connectivity index (χ1n) is 5.16. The van der Waals surface area contributed by atoms with Crippen LogP contribution in [0.5, 0.6) is 0 Å². The first-order valence-corrected chi connectivity index (χ1v) is 5.16. The molecule has 1 unspecified atom stereocenters. The summed E-state index contributed by atoms with van der Waals surface area (Å²) in [5, 5.41) is 2.69. The Balaban J connectivity index is 1.88. The van der Waals surface area contributed by atoms with Crippen LogP contribution in [-0.2, 0) is 16.1 Å². The molecule has 1 aliphatic heterocycles. The SMILES string of the molecule is Cc1cnc(CNC(=O)C2(N)CCOC2)o1. The van der Waals surface area contributed by atoms with Crippen molar-refractivity contribution in [2.75, 3.05) is 13.2 Å². The fraction of sp³-hybridized carbons (Fsp3) is 0.600. The van der Waals surface area contributed by atoms with E-state index in [1.54, 1.807) is 13.1 Å². The molecule has 0 radical (unpaired) electrons. The van der Waals surface area contributed by atoms with Crippen molar-refractivity contribution in [3.05, 3.63) is 17.8 Å². The molecule has 0 aromatic carbocycles. The summed E-state index contributed by atoms with van der Waals surface area (Å²) in [5.41, 5.74) is 4.98. The average molecular weight is 225 g/mol. The molecule has 0 bridgehead atoms. The Morgan fingerprint density at radius 1 is 1.75 bits per heavy atom. The van der Waals surface area contributed by atoms with E-state index in [0.717, 1.165) is 5.76 Å². The van der Waals surface area contributed by atoms with Crippen molar-refractivity contribution in [3.8, 4) is 0 Å². The van der Waals surface area contributed by atoms with Gasteiger partial charge in [0.25, 0.3) is 0 Å². The Kier molecular flexibility index (Phi) is 2.93. The van der Waals surface area contributed by atoms with E-state index in [1.807, 2.05) is 0 Å². The molecule has 2 rings (SSSR count). The van der Waals surface area contributed by atoms with Crippen LogP contribution < -0.4 is 11.1 Å². The maximum atomic E-state index is 11.8. The van der Waals surface area contributed by atoms with Gasteiger partial charge in [0.15, 0.2) is 0 Å². The molecule has 1 saturated heterocycles. The molecule has 0 aliphatic carbocycles. The third-order valence-electron chi connectivity index (χ3n) is 2.57. The zero-order chi connectivity index (χ0) is 11.6. The zero-order valence-corrected chi connectivity index (χ0v) is 9.16. The molecular formula is C10H15N3O3. The van der Waals surface area contributed by atoms with Crippen LogP contribution in [0.1, 0.15) is 18.1 Å². The Morgan fingerprint density at radius 3 is 3.12 bits per heavy atom. The molecule has 1 amide bonds. The number of rotatable bonds is 3. The molecule has 1 atom stereocenters. The van der Waals surface area contributed by atoms with E-state index < -0.39 is 5.54 Å². The van der Waals surface area contributed by atoms with E-state index in [1.165, 1.54) is 0 Å². The third-order valence-corrected chi connectivity index (χ3v) is 2.57. The number of oxazole rings is 1. The molecule has 1 fully saturated rings. The maximum absolute atomic E-state index is 11.8. The van der Waals surface area contributed by atoms with Gasteiger partial charge in [-0.05, 0) is 13.3 Å². The maximum Gasteiger partial charge on any atom is 0.243 e. The summed E-state index contributed by atoms with van der Waals surface area (Å²) >= 11 is 0. The van der Waals surface area contributed by atoms with E-state index >= 15 is 0 Å². The van der Waals surface area contributed by atoms with Crippen LogP contribution in [0.4, 0.5) is 0 Å². The molecule has 1 aromatic rings. The lowest BCUT2D eigenvalue weighted by molar-refractivity contribution is -0.126. The second-order valence-corrected chi connectivity index (χ2v) is 4.01. The van der Waals surface area contributed by atoms with Crippen LogP contribution >= 0.6 is 0 Å². The van der Waals surface area contributed by atoms with Crippen LogP contribution in [0.3, 0.4) is 0 Å². The molecular weight excluding hydrogens is 210 g/mol. The second-order valence-electron chi connectivity index (χ2n) is 4.01. The van der Waals surface area contributed by atoms with Gasteiger partial charge in [0.1, 0.15) is 11.3 Å². The molecule has 1 aliphatic rings. The Morgan fingerprint density at radius 2 is 2.56 bits per heavy atom. The van der Waals surface area contributed by atoms with Gasteiger partial charge in [0.05, 0.1) is 19.3 Å². The minimum atomic E-state index is -0.901. The van der Waals surface area contributed by atoms with Crippen molar-refractivity contribution in [1.82, 2.24) is 10.3 Å². The normalized spacial score (nSPS) is 24.6. The smallest absolute Gasteiger partial charge is 0.243 e. The monoisotopic (exact) mass is 225 g/mol. The van der Waals surface area contributed by atoms with Crippen LogP contribution in [0.25, 0.3) is 0 Å². The molecule has 0 saturated carbocycles. The number of hydrogen-bond acceptors (Lipinski definition) is 5. The van der Waals surface area contributed by atoms with Crippen molar-refractivity contribution in [2.24, 2.45) is 5.73 Å². The summed E-state index contributed by atoms with van der Waals surface area (Å²) in [5.74, 6) is 0.977. The number of nitrogens with one attached hydrogen (secondary N) is 1. The lowest BCUT2D eigenvalue weighted by atomic mass is 9.99. The van der Waals surface area contributed by atoms with Gasteiger partial charge in [0.2, 0.25) is 11.8 Å². The highest BCUT2D eigenvalue weighted by Crippen LogP contribution is 2.15. The molecule has 2 heterocycles. The van der Waals surface area contributed by atoms with Gasteiger partial charge >= 0.3 is 0 Å². The number of hydrogen-bond donors (Lipinski definition) is 2. The summed E-state index contributed by atoms with van der Waals surface area (Å²) in [4.78, 5) is 15.7. The number of carbonyl (C=O) groups excluding carboxylic acids is 1. The minimum absolute atomic E-state index is 0.221. The number of aryl methyl sites for hydroxylation is 1. The zero-order valence-electron chi connectivity index (χ0n) is 9.16. The Labute approximate surface area is 93.2 Å². The van der Waals surface area contributed by atoms with Crippen LogP contribution in [0.15, 0.2) is 10.6 Å². The van der Waals surface area contributed by atoms with E-state index in [9.17, 15) is 4.79 Å². The molecule has 6 nitrogen and oxygen atoms in total. The first kappa shape index (κ1) is 11.1. The largest absolute Gasteiger partial charge is 0.444 e. The number of aromatic nitrogens is 1. The van der Waals surface area contributed by atoms with Gasteiger partial charge in [-0.25, -0.2) is 4.98 Å². The molecule has 3 N–H and O–H groups in total. The standard InChI is InChI=1S/C10H15N3O3/c1-7-4-12-8(16-7)5-13-9(14)10(11)2-3-15-6-10/h4H,2-3,5-6,11H2,1H3,(H,13,14). The highest BCUT2D eigenvalue weighted by atomic mass is 16.5. The van der Waals surface area contributed by atoms with Crippen molar-refractivity contribution in [2.45, 2.75) is 25.4 Å². The summed E-state index contributed by atoms with van der Waals surface area (Å²) in [6.45, 7) is 2.85. The average Bonchev–Trinajstić information content (AvgIpc) is 2.85. The Bertz CT molecular complexity index is 382. The van der Waals surface area contributed by atoms with E-state index in [-0.39, 0.29) is 19.1 Å². The molecule has 6 heteroatoms. The topological polar surface area (TPSA) is 90.4 Å². The Hall–Kier alpha value is -1.40. The number of ether oxygens (including phenoxy) is 1. The fourth-order valence-corrected chi connectivity index (χ4v) is 1.57. The summed E-state index contributed by atoms with van der Waals surface area (Å²) in [7, 11) is 0. The van der Waals surface area contributed by atoms with Crippen LogP contribution in [0, 0.1) is 6.92 Å². The van der Waals surface area contributed by atoms with Crippen molar-refractivity contribution >= 4 is 5.91 Å².